The molecule has 166 valence electrons. The van der Waals surface area contributed by atoms with Crippen LogP contribution in [0.3, 0.4) is 0 Å². The average Bonchev–Trinajstić information content (AvgIpc) is 3.11. The van der Waals surface area contributed by atoms with Crippen LogP contribution in [0.15, 0.2) is 66.7 Å². The van der Waals surface area contributed by atoms with E-state index in [1.165, 1.54) is 35.4 Å². The minimum atomic E-state index is -4.49. The second kappa shape index (κ2) is 9.48. The molecule has 0 radical (unpaired) electrons. The Bertz CT molecular complexity index is 1110. The molecule has 1 unspecified atom stereocenters. The molecule has 1 aliphatic heterocycles. The number of fused-ring (bicyclic) bond motifs is 1. The predicted octanol–water partition coefficient (Wildman–Crippen LogP) is 8.52. The Morgan fingerprint density at radius 1 is 0.875 bits per heavy atom. The third-order valence-corrected chi connectivity index (χ3v) is 6.24. The Balaban J connectivity index is 1.50. The van der Waals surface area contributed by atoms with E-state index in [-0.39, 0.29) is 15.6 Å². The molecule has 4 rings (SSSR count). The molecule has 32 heavy (non-hydrogen) atoms. The van der Waals surface area contributed by atoms with Crippen LogP contribution in [0.1, 0.15) is 33.7 Å². The zero-order valence-electron chi connectivity index (χ0n) is 16.8. The maximum atomic E-state index is 13.7. The molecule has 0 amide bonds. The van der Waals surface area contributed by atoms with Crippen molar-refractivity contribution in [2.45, 2.75) is 31.7 Å². The third-order valence-electron chi connectivity index (χ3n) is 5.46. The van der Waals surface area contributed by atoms with Crippen molar-refractivity contribution >= 4 is 40.9 Å². The van der Waals surface area contributed by atoms with Gasteiger partial charge in [0.2, 0.25) is 0 Å². The van der Waals surface area contributed by atoms with Crippen LogP contribution in [0, 0.1) is 0 Å². The van der Waals surface area contributed by atoms with Crippen molar-refractivity contribution in [1.29, 1.82) is 0 Å². The molecular weight excluding hydrogens is 478 g/mol. The first-order chi connectivity index (χ1) is 15.2. The lowest BCUT2D eigenvalue weighted by molar-refractivity contribution is -0.139. The first kappa shape index (κ1) is 23.2. The third kappa shape index (κ3) is 5.49. The molecule has 0 bridgehead atoms. The molecule has 1 atom stereocenters. The summed E-state index contributed by atoms with van der Waals surface area (Å²) < 4.78 is 41.1. The standard InChI is InChI=1S/C25H19Cl3F3N/c26-21-10-20(11-22(27)12-21)23(25(29,30)31)8-6-16-5-7-19(24(28)9-16)15-32-13-17-3-1-2-4-18(17)14-32/h1-12,23H,13-15H2/b8-6+. The summed E-state index contributed by atoms with van der Waals surface area (Å²) in [7, 11) is 0. The fraction of sp³-hybridized carbons (Fsp3) is 0.200. The van der Waals surface area contributed by atoms with Gasteiger partial charge in [0.1, 0.15) is 0 Å². The van der Waals surface area contributed by atoms with Crippen LogP contribution >= 0.6 is 34.8 Å². The van der Waals surface area contributed by atoms with Gasteiger partial charge in [0.05, 0.1) is 5.92 Å². The van der Waals surface area contributed by atoms with E-state index < -0.39 is 12.1 Å². The molecule has 3 aromatic rings. The second-order valence-electron chi connectivity index (χ2n) is 7.85. The maximum Gasteiger partial charge on any atom is 0.399 e. The Kier molecular flexibility index (Phi) is 6.87. The lowest BCUT2D eigenvalue weighted by Crippen LogP contribution is -2.19. The summed E-state index contributed by atoms with van der Waals surface area (Å²) in [5.41, 5.74) is 4.13. The molecule has 0 aromatic heterocycles. The Morgan fingerprint density at radius 3 is 2.06 bits per heavy atom. The molecule has 0 fully saturated rings. The highest BCUT2D eigenvalue weighted by Crippen LogP contribution is 2.38. The van der Waals surface area contributed by atoms with Crippen LogP contribution < -0.4 is 0 Å². The minimum Gasteiger partial charge on any atom is -0.291 e. The van der Waals surface area contributed by atoms with Gasteiger partial charge in [-0.1, -0.05) is 83.4 Å². The summed E-state index contributed by atoms with van der Waals surface area (Å²) in [6.07, 6.45) is -1.96. The lowest BCUT2D eigenvalue weighted by atomic mass is 9.97. The maximum absolute atomic E-state index is 13.7. The van der Waals surface area contributed by atoms with E-state index in [9.17, 15) is 13.2 Å². The molecule has 7 heteroatoms. The fourth-order valence-electron chi connectivity index (χ4n) is 3.92. The Morgan fingerprint density at radius 2 is 1.50 bits per heavy atom. The van der Waals surface area contributed by atoms with Gasteiger partial charge in [-0.05, 0) is 52.1 Å². The molecule has 0 N–H and O–H groups in total. The van der Waals surface area contributed by atoms with Gasteiger partial charge in [-0.15, -0.1) is 0 Å². The highest BCUT2D eigenvalue weighted by atomic mass is 35.5. The molecule has 1 heterocycles. The van der Waals surface area contributed by atoms with Crippen LogP contribution in [-0.2, 0) is 19.6 Å². The molecule has 1 nitrogen and oxygen atoms in total. The van der Waals surface area contributed by atoms with E-state index in [0.29, 0.717) is 17.1 Å². The highest BCUT2D eigenvalue weighted by Gasteiger charge is 2.39. The van der Waals surface area contributed by atoms with Gasteiger partial charge in [-0.3, -0.25) is 4.90 Å². The topological polar surface area (TPSA) is 3.24 Å². The van der Waals surface area contributed by atoms with Crippen molar-refractivity contribution in [2.75, 3.05) is 0 Å². The molecule has 0 saturated carbocycles. The summed E-state index contributed by atoms with van der Waals surface area (Å²) in [6.45, 7) is 2.37. The first-order valence-electron chi connectivity index (χ1n) is 9.97. The number of benzene rings is 3. The molecule has 3 aromatic carbocycles. The number of allylic oxidation sites excluding steroid dienone is 1. The second-order valence-corrected chi connectivity index (χ2v) is 9.13. The van der Waals surface area contributed by atoms with Crippen LogP contribution in [0.4, 0.5) is 13.2 Å². The van der Waals surface area contributed by atoms with E-state index in [4.69, 9.17) is 34.8 Å². The normalized spacial score (nSPS) is 15.3. The summed E-state index contributed by atoms with van der Waals surface area (Å²) in [4.78, 5) is 2.28. The average molecular weight is 497 g/mol. The number of hydrogen-bond acceptors (Lipinski definition) is 1. The number of nitrogens with zero attached hydrogens (tertiary/aromatic N) is 1. The molecular formula is C25H19Cl3F3N. The van der Waals surface area contributed by atoms with E-state index in [1.54, 1.807) is 12.1 Å². The van der Waals surface area contributed by atoms with Crippen molar-refractivity contribution < 1.29 is 13.2 Å². The van der Waals surface area contributed by atoms with Crippen LogP contribution in [0.2, 0.25) is 15.1 Å². The predicted molar refractivity (Wildman–Crippen MR) is 125 cm³/mol. The number of halogens is 6. The van der Waals surface area contributed by atoms with Crippen molar-refractivity contribution in [1.82, 2.24) is 4.90 Å². The van der Waals surface area contributed by atoms with E-state index in [0.717, 1.165) is 24.7 Å². The van der Waals surface area contributed by atoms with Crippen molar-refractivity contribution in [3.63, 3.8) is 0 Å². The van der Waals surface area contributed by atoms with Crippen LogP contribution in [0.5, 0.6) is 0 Å². The quantitative estimate of drug-likeness (QED) is 0.342. The summed E-state index contributed by atoms with van der Waals surface area (Å²) >= 11 is 18.3. The van der Waals surface area contributed by atoms with Crippen molar-refractivity contribution in [3.8, 4) is 0 Å². The van der Waals surface area contributed by atoms with Crippen LogP contribution in [-0.4, -0.2) is 11.1 Å². The van der Waals surface area contributed by atoms with Gasteiger partial charge in [0.25, 0.3) is 0 Å². The van der Waals surface area contributed by atoms with Crippen LogP contribution in [0.25, 0.3) is 6.08 Å². The summed E-state index contributed by atoms with van der Waals surface area (Å²) in [5.74, 6) is -1.83. The van der Waals surface area contributed by atoms with Gasteiger partial charge >= 0.3 is 6.18 Å². The molecule has 0 saturated heterocycles. The number of hydrogen-bond donors (Lipinski definition) is 0. The van der Waals surface area contributed by atoms with E-state index in [2.05, 4.69) is 17.0 Å². The highest BCUT2D eigenvalue weighted by molar-refractivity contribution is 6.34. The zero-order valence-corrected chi connectivity index (χ0v) is 19.1. The van der Waals surface area contributed by atoms with Gasteiger partial charge in [-0.25, -0.2) is 0 Å². The van der Waals surface area contributed by atoms with Gasteiger partial charge < -0.3 is 0 Å². The monoisotopic (exact) mass is 495 g/mol. The summed E-state index contributed by atoms with van der Waals surface area (Å²) in [5, 5.41) is 0.843. The number of rotatable bonds is 5. The Hall–Kier alpha value is -1.98. The molecule has 1 aliphatic rings. The first-order valence-corrected chi connectivity index (χ1v) is 11.1. The largest absolute Gasteiger partial charge is 0.399 e. The van der Waals surface area contributed by atoms with E-state index >= 15 is 0 Å². The smallest absolute Gasteiger partial charge is 0.291 e. The SMILES string of the molecule is FC(F)(F)C(/C=C/c1ccc(CN2Cc3ccccc3C2)c(Cl)c1)c1cc(Cl)cc(Cl)c1. The van der Waals surface area contributed by atoms with E-state index in [1.807, 2.05) is 18.2 Å². The van der Waals surface area contributed by atoms with Crippen molar-refractivity contribution in [3.05, 3.63) is 110 Å². The minimum absolute atomic E-state index is 0.0115. The fourth-order valence-corrected chi connectivity index (χ4v) is 4.71. The number of alkyl halides is 3. The van der Waals surface area contributed by atoms with Gasteiger partial charge in [0.15, 0.2) is 0 Å². The lowest BCUT2D eigenvalue weighted by Gasteiger charge is -2.18. The Labute approximate surface area is 200 Å². The zero-order chi connectivity index (χ0) is 22.9. The van der Waals surface area contributed by atoms with Gasteiger partial charge in [0, 0.05) is 34.7 Å². The molecule has 0 aliphatic carbocycles. The van der Waals surface area contributed by atoms with Crippen molar-refractivity contribution in [2.24, 2.45) is 0 Å². The van der Waals surface area contributed by atoms with Gasteiger partial charge in [-0.2, -0.15) is 13.2 Å². The summed E-state index contributed by atoms with van der Waals surface area (Å²) in [6, 6.07) is 17.6. The molecule has 0 spiro atoms.